The van der Waals surface area contributed by atoms with E-state index < -0.39 is 12.4 Å². The smallest absolute Gasteiger partial charge is 0.306 e. The second-order valence-electron chi connectivity index (χ2n) is 5.09. The summed E-state index contributed by atoms with van der Waals surface area (Å²) >= 11 is 0. The lowest BCUT2D eigenvalue weighted by Crippen LogP contribution is -2.24. The van der Waals surface area contributed by atoms with E-state index in [0.717, 1.165) is 12.8 Å². The summed E-state index contributed by atoms with van der Waals surface area (Å²) in [6.45, 7) is 2.20. The molecule has 4 atom stereocenters. The standard InChI is InChI=1S/C13H22O4/c1-2-3-4-5-6-7-10-9-8-11(14)17-12(9)13(15)16-10/h9-10,12-13,15H,2-8H2,1H3/t9-,10-,12-,13-/m1/s1. The third kappa shape index (κ3) is 2.99. The summed E-state index contributed by atoms with van der Waals surface area (Å²) in [5.41, 5.74) is 0. The number of hydrogen-bond donors (Lipinski definition) is 1. The van der Waals surface area contributed by atoms with Crippen LogP contribution in [0, 0.1) is 5.92 Å². The molecule has 0 aliphatic carbocycles. The molecule has 0 spiro atoms. The van der Waals surface area contributed by atoms with E-state index in [1.54, 1.807) is 0 Å². The molecule has 98 valence electrons. The molecule has 2 heterocycles. The van der Waals surface area contributed by atoms with Gasteiger partial charge in [-0.05, 0) is 6.42 Å². The fraction of sp³-hybridized carbons (Fsp3) is 0.923. The Balaban J connectivity index is 1.72. The SMILES string of the molecule is CCCCCCC[C@H]1O[C@@H](O)[C@@H]2OC(=O)C[C@@H]21. The Morgan fingerprint density at radius 1 is 1.29 bits per heavy atom. The van der Waals surface area contributed by atoms with Crippen LogP contribution in [0.3, 0.4) is 0 Å². The monoisotopic (exact) mass is 242 g/mol. The first-order valence-electron chi connectivity index (χ1n) is 6.75. The maximum absolute atomic E-state index is 11.2. The van der Waals surface area contributed by atoms with Gasteiger partial charge in [0.15, 0.2) is 12.4 Å². The molecule has 2 aliphatic heterocycles. The Labute approximate surface area is 102 Å². The maximum atomic E-state index is 11.2. The fourth-order valence-electron chi connectivity index (χ4n) is 2.80. The zero-order chi connectivity index (χ0) is 12.3. The number of rotatable bonds is 6. The first-order valence-corrected chi connectivity index (χ1v) is 6.75. The van der Waals surface area contributed by atoms with Crippen LogP contribution in [0.2, 0.25) is 0 Å². The number of aliphatic hydroxyl groups is 1. The van der Waals surface area contributed by atoms with Crippen LogP contribution in [0.15, 0.2) is 0 Å². The van der Waals surface area contributed by atoms with Gasteiger partial charge in [0.05, 0.1) is 12.5 Å². The first kappa shape index (κ1) is 12.8. The molecule has 2 fully saturated rings. The van der Waals surface area contributed by atoms with Crippen LogP contribution in [0.25, 0.3) is 0 Å². The van der Waals surface area contributed by atoms with Gasteiger partial charge in [-0.2, -0.15) is 0 Å². The highest BCUT2D eigenvalue weighted by Gasteiger charge is 2.50. The van der Waals surface area contributed by atoms with Gasteiger partial charge < -0.3 is 14.6 Å². The zero-order valence-electron chi connectivity index (χ0n) is 10.4. The van der Waals surface area contributed by atoms with Crippen molar-refractivity contribution in [2.24, 2.45) is 5.92 Å². The molecule has 0 aromatic heterocycles. The summed E-state index contributed by atoms with van der Waals surface area (Å²) in [6.07, 6.45) is 6.10. The molecule has 4 heteroatoms. The maximum Gasteiger partial charge on any atom is 0.306 e. The van der Waals surface area contributed by atoms with E-state index in [9.17, 15) is 9.90 Å². The van der Waals surface area contributed by atoms with Gasteiger partial charge in [-0.25, -0.2) is 0 Å². The third-order valence-electron chi connectivity index (χ3n) is 3.76. The summed E-state index contributed by atoms with van der Waals surface area (Å²) in [6, 6.07) is 0. The molecule has 17 heavy (non-hydrogen) atoms. The van der Waals surface area contributed by atoms with Gasteiger partial charge >= 0.3 is 5.97 Å². The number of carbonyl (C=O) groups is 1. The molecule has 2 aliphatic rings. The number of fused-ring (bicyclic) bond motifs is 1. The lowest BCUT2D eigenvalue weighted by molar-refractivity contribution is -0.165. The lowest BCUT2D eigenvalue weighted by Gasteiger charge is -2.14. The van der Waals surface area contributed by atoms with Crippen molar-refractivity contribution in [2.75, 3.05) is 0 Å². The molecular weight excluding hydrogens is 220 g/mol. The largest absolute Gasteiger partial charge is 0.457 e. The summed E-state index contributed by atoms with van der Waals surface area (Å²) in [5, 5.41) is 9.63. The van der Waals surface area contributed by atoms with Crippen molar-refractivity contribution in [2.45, 2.75) is 70.4 Å². The molecule has 0 bridgehead atoms. The van der Waals surface area contributed by atoms with Crippen molar-refractivity contribution >= 4 is 5.97 Å². The number of hydrogen-bond acceptors (Lipinski definition) is 4. The highest BCUT2D eigenvalue weighted by atomic mass is 16.7. The second kappa shape index (κ2) is 5.83. The molecule has 0 aromatic rings. The van der Waals surface area contributed by atoms with Crippen LogP contribution in [-0.4, -0.2) is 29.6 Å². The van der Waals surface area contributed by atoms with E-state index in [1.165, 1.54) is 25.7 Å². The third-order valence-corrected chi connectivity index (χ3v) is 3.76. The lowest BCUT2D eigenvalue weighted by atomic mass is 9.93. The van der Waals surface area contributed by atoms with Crippen LogP contribution in [0.4, 0.5) is 0 Å². The summed E-state index contributed by atoms with van der Waals surface area (Å²) in [5.74, 6) is -0.123. The van der Waals surface area contributed by atoms with Crippen LogP contribution < -0.4 is 0 Å². The average molecular weight is 242 g/mol. The van der Waals surface area contributed by atoms with Crippen molar-refractivity contribution in [1.29, 1.82) is 0 Å². The van der Waals surface area contributed by atoms with E-state index in [0.29, 0.717) is 6.42 Å². The molecule has 0 aromatic carbocycles. The van der Waals surface area contributed by atoms with Crippen molar-refractivity contribution in [1.82, 2.24) is 0 Å². The van der Waals surface area contributed by atoms with E-state index in [2.05, 4.69) is 6.92 Å². The van der Waals surface area contributed by atoms with Crippen molar-refractivity contribution in [3.8, 4) is 0 Å². The molecule has 2 saturated heterocycles. The minimum atomic E-state index is -0.910. The number of ether oxygens (including phenoxy) is 2. The predicted molar refractivity (Wildman–Crippen MR) is 62.2 cm³/mol. The van der Waals surface area contributed by atoms with Crippen LogP contribution >= 0.6 is 0 Å². The molecule has 0 radical (unpaired) electrons. The van der Waals surface area contributed by atoms with E-state index >= 15 is 0 Å². The van der Waals surface area contributed by atoms with Gasteiger partial charge in [0.2, 0.25) is 0 Å². The Kier molecular flexibility index (Phi) is 4.40. The van der Waals surface area contributed by atoms with E-state index in [-0.39, 0.29) is 18.0 Å². The Bertz CT molecular complexity index is 266. The minimum absolute atomic E-state index is 0.00285. The number of esters is 1. The number of unbranched alkanes of at least 4 members (excludes halogenated alkanes) is 4. The normalized spacial score (nSPS) is 36.0. The highest BCUT2D eigenvalue weighted by Crippen LogP contribution is 2.38. The van der Waals surface area contributed by atoms with Gasteiger partial charge in [0.1, 0.15) is 0 Å². The van der Waals surface area contributed by atoms with Crippen molar-refractivity contribution in [3.05, 3.63) is 0 Å². The van der Waals surface area contributed by atoms with Gasteiger partial charge in [-0.1, -0.05) is 39.0 Å². The van der Waals surface area contributed by atoms with E-state index in [1.807, 2.05) is 0 Å². The topological polar surface area (TPSA) is 55.8 Å². The fourth-order valence-corrected chi connectivity index (χ4v) is 2.80. The molecule has 0 unspecified atom stereocenters. The number of carbonyl (C=O) groups excluding carboxylic acids is 1. The first-order chi connectivity index (χ1) is 8.22. The van der Waals surface area contributed by atoms with Gasteiger partial charge in [0.25, 0.3) is 0 Å². The molecular formula is C13H22O4. The van der Waals surface area contributed by atoms with E-state index in [4.69, 9.17) is 9.47 Å². The summed E-state index contributed by atoms with van der Waals surface area (Å²) in [4.78, 5) is 11.2. The van der Waals surface area contributed by atoms with Crippen molar-refractivity contribution in [3.63, 3.8) is 0 Å². The predicted octanol–water partition coefficient (Wildman–Crippen LogP) is 2.00. The minimum Gasteiger partial charge on any atom is -0.457 e. The Morgan fingerprint density at radius 3 is 2.82 bits per heavy atom. The summed E-state index contributed by atoms with van der Waals surface area (Å²) < 4.78 is 10.5. The van der Waals surface area contributed by atoms with Crippen LogP contribution in [0.5, 0.6) is 0 Å². The van der Waals surface area contributed by atoms with Gasteiger partial charge in [-0.3, -0.25) is 4.79 Å². The molecule has 1 N–H and O–H groups in total. The quantitative estimate of drug-likeness (QED) is 0.571. The highest BCUT2D eigenvalue weighted by molar-refractivity contribution is 5.72. The van der Waals surface area contributed by atoms with Crippen molar-refractivity contribution < 1.29 is 19.4 Å². The Hall–Kier alpha value is -0.610. The average Bonchev–Trinajstić information content (AvgIpc) is 2.80. The molecule has 0 saturated carbocycles. The van der Waals surface area contributed by atoms with Gasteiger partial charge in [-0.15, -0.1) is 0 Å². The molecule has 0 amide bonds. The molecule has 4 nitrogen and oxygen atoms in total. The Morgan fingerprint density at radius 2 is 2.06 bits per heavy atom. The number of aliphatic hydroxyl groups excluding tert-OH is 1. The molecule has 2 rings (SSSR count). The second-order valence-corrected chi connectivity index (χ2v) is 5.09. The summed E-state index contributed by atoms with van der Waals surface area (Å²) in [7, 11) is 0. The van der Waals surface area contributed by atoms with Crippen LogP contribution in [0.1, 0.15) is 51.9 Å². The van der Waals surface area contributed by atoms with Gasteiger partial charge in [0, 0.05) is 5.92 Å². The zero-order valence-corrected chi connectivity index (χ0v) is 10.4. The van der Waals surface area contributed by atoms with Crippen LogP contribution in [-0.2, 0) is 14.3 Å².